The van der Waals surface area contributed by atoms with Gasteiger partial charge >= 0.3 is 5.97 Å². The number of nitrogens with zero attached hydrogens (tertiary/aromatic N) is 4. The monoisotopic (exact) mass is 1090 g/mol. The lowest BCUT2D eigenvalue weighted by Crippen LogP contribution is -2.53. The van der Waals surface area contributed by atoms with E-state index >= 15 is 0 Å². The highest BCUT2D eigenvalue weighted by Crippen LogP contribution is 2.52. The third-order valence-electron chi connectivity index (χ3n) is 13.9. The fourth-order valence-electron chi connectivity index (χ4n) is 9.75. The molecule has 3 amide bonds. The number of aromatic amines is 1. The predicted octanol–water partition coefficient (Wildman–Crippen LogP) is 0.465. The number of H-pyrrole nitrogens is 1. The van der Waals surface area contributed by atoms with Gasteiger partial charge in [-0.3, -0.25) is 33.8 Å². The maximum absolute atomic E-state index is 14.1. The molecule has 3 aliphatic rings. The molecular weight excluding hydrogens is 1030 g/mol. The highest BCUT2D eigenvalue weighted by Gasteiger charge is 2.50. The number of unbranched alkanes of at least 4 members (excludes halogenated alkanes) is 2. The quantitative estimate of drug-likeness (QED) is 0.0202. The maximum atomic E-state index is 14.1. The van der Waals surface area contributed by atoms with E-state index in [1.54, 1.807) is 19.1 Å². The fraction of sp³-hybridized carbons (Fsp3) is 0.404. The van der Waals surface area contributed by atoms with Crippen molar-refractivity contribution in [1.29, 1.82) is 0 Å². The number of nitrogen functional groups attached to an aromatic ring is 1. The number of aliphatic hydroxyl groups is 3. The van der Waals surface area contributed by atoms with Crippen molar-refractivity contribution in [2.75, 3.05) is 31.3 Å². The number of methoxy groups -OCH3 is 1. The second-order valence-electron chi connectivity index (χ2n) is 19.3. The van der Waals surface area contributed by atoms with Crippen LogP contribution in [0.3, 0.4) is 0 Å². The van der Waals surface area contributed by atoms with Crippen molar-refractivity contribution in [1.82, 2.24) is 36.0 Å². The molecule has 7 atom stereocenters. The first-order chi connectivity index (χ1) is 37.7. The summed E-state index contributed by atoms with van der Waals surface area (Å²) in [7, 11) is 1.30. The lowest BCUT2D eigenvalue weighted by atomic mass is 9.71. The Morgan fingerprint density at radius 3 is 2.43 bits per heavy atom. The van der Waals surface area contributed by atoms with Gasteiger partial charge in [0.1, 0.15) is 28.9 Å². The first-order valence-corrected chi connectivity index (χ1v) is 25.2. The van der Waals surface area contributed by atoms with E-state index in [1.807, 2.05) is 0 Å². The molecule has 8 rings (SSSR count). The van der Waals surface area contributed by atoms with E-state index in [1.165, 1.54) is 43.6 Å². The van der Waals surface area contributed by atoms with Crippen LogP contribution in [-0.2, 0) is 36.8 Å². The molecule has 1 saturated heterocycles. The summed E-state index contributed by atoms with van der Waals surface area (Å²) in [6, 6.07) is 8.24. The molecule has 79 heavy (non-hydrogen) atoms. The van der Waals surface area contributed by atoms with Gasteiger partial charge in [0.2, 0.25) is 23.5 Å². The average Bonchev–Trinajstić information content (AvgIpc) is 3.47. The van der Waals surface area contributed by atoms with E-state index in [-0.39, 0.29) is 95.2 Å². The number of aliphatic hydroxyl groups excluding tert-OH is 2. The van der Waals surface area contributed by atoms with Crippen molar-refractivity contribution < 1.29 is 73.6 Å². The minimum Gasteiger partial charge on any atom is -0.507 e. The second kappa shape index (κ2) is 24.0. The number of carboxylic acid groups (broad SMARTS) is 1. The number of nitrogens with one attached hydrogen (secondary N) is 5. The Bertz CT molecular complexity index is 3290. The van der Waals surface area contributed by atoms with Crippen LogP contribution in [-0.4, -0.2) is 148 Å². The highest BCUT2D eigenvalue weighted by molar-refractivity contribution is 6.31. The fourth-order valence-corrected chi connectivity index (χ4v) is 9.75. The van der Waals surface area contributed by atoms with Crippen molar-refractivity contribution in [2.45, 2.75) is 114 Å². The molecule has 2 aromatic heterocycles. The molecule has 5 aromatic rings. The molecule has 0 bridgehead atoms. The van der Waals surface area contributed by atoms with Crippen molar-refractivity contribution in [3.05, 3.63) is 104 Å². The summed E-state index contributed by atoms with van der Waals surface area (Å²) in [5.74, 6) is -6.23. The van der Waals surface area contributed by atoms with E-state index in [0.29, 0.717) is 30.6 Å². The van der Waals surface area contributed by atoms with Crippen LogP contribution in [0.4, 0.5) is 11.6 Å². The summed E-state index contributed by atoms with van der Waals surface area (Å²) in [5.41, 5.74) is 10.5. The first kappa shape index (κ1) is 56.7. The van der Waals surface area contributed by atoms with Crippen molar-refractivity contribution in [3.63, 3.8) is 0 Å². The topological polar surface area (TPSA) is 436 Å². The Morgan fingerprint density at radius 2 is 1.72 bits per heavy atom. The number of hydrogen-bond acceptors (Lipinski definition) is 22. The number of fused-ring (bicyclic) bond motifs is 4. The molecule has 15 N–H and O–H groups in total. The zero-order valence-corrected chi connectivity index (χ0v) is 42.8. The summed E-state index contributed by atoms with van der Waals surface area (Å²) in [5, 5.41) is 79.2. The summed E-state index contributed by atoms with van der Waals surface area (Å²) >= 11 is 0. The number of carbonyl (C=O) groups is 6. The number of benzene rings is 3. The summed E-state index contributed by atoms with van der Waals surface area (Å²) < 4.78 is 17.5. The van der Waals surface area contributed by atoms with Gasteiger partial charge in [-0.15, -0.1) is 0 Å². The molecule has 1 fully saturated rings. The minimum atomic E-state index is -2.22. The normalized spacial score (nSPS) is 21.0. The molecular formula is C52H59N11O16. The molecule has 1 unspecified atom stereocenters. The Labute approximate surface area is 448 Å². The van der Waals surface area contributed by atoms with Gasteiger partial charge in [-0.1, -0.05) is 18.6 Å². The van der Waals surface area contributed by atoms with Crippen molar-refractivity contribution >= 4 is 63.8 Å². The number of aliphatic carboxylic acids is 1. The molecule has 0 saturated carbocycles. The molecule has 0 spiro atoms. The number of phenolic OH excluding ortho intramolecular Hbond substituents is 2. The molecule has 1 aliphatic heterocycles. The van der Waals surface area contributed by atoms with Gasteiger partial charge < -0.3 is 72.3 Å². The number of hydrazone groups is 1. The number of anilines is 2. The number of ether oxygens (including phenoxy) is 3. The van der Waals surface area contributed by atoms with E-state index in [2.05, 4.69) is 46.4 Å². The maximum Gasteiger partial charge on any atom is 0.326 e. The molecule has 27 heteroatoms. The van der Waals surface area contributed by atoms with Crippen molar-refractivity contribution in [2.24, 2.45) is 10.8 Å². The molecule has 3 heterocycles. The smallest absolute Gasteiger partial charge is 0.326 e. The molecule has 0 radical (unpaired) electrons. The lowest BCUT2D eigenvalue weighted by Gasteiger charge is -2.43. The van der Waals surface area contributed by atoms with Gasteiger partial charge in [0.15, 0.2) is 23.2 Å². The molecule has 2 aliphatic carbocycles. The van der Waals surface area contributed by atoms with Gasteiger partial charge in [0.25, 0.3) is 11.5 Å². The summed E-state index contributed by atoms with van der Waals surface area (Å²) in [6.45, 7) is 1.00. The number of hydrogen-bond donors (Lipinski definition) is 13. The van der Waals surface area contributed by atoms with Crippen LogP contribution in [0.1, 0.15) is 123 Å². The Balaban J connectivity index is 0.818. The van der Waals surface area contributed by atoms with Crippen LogP contribution in [0.15, 0.2) is 58.6 Å². The molecule has 27 nitrogen and oxygen atoms in total. The van der Waals surface area contributed by atoms with E-state index in [4.69, 9.17) is 25.7 Å². The third-order valence-corrected chi connectivity index (χ3v) is 13.9. The number of aromatic hydroxyl groups is 2. The summed E-state index contributed by atoms with van der Waals surface area (Å²) in [6.07, 6.45) is -3.46. The number of amides is 3. The predicted molar refractivity (Wildman–Crippen MR) is 278 cm³/mol. The van der Waals surface area contributed by atoms with Gasteiger partial charge in [-0.25, -0.2) is 20.2 Å². The Kier molecular flexibility index (Phi) is 17.3. The minimum absolute atomic E-state index is 0.0179. The lowest BCUT2D eigenvalue weighted by molar-refractivity contribution is -0.245. The summed E-state index contributed by atoms with van der Waals surface area (Å²) in [4.78, 5) is 106. The van der Waals surface area contributed by atoms with Gasteiger partial charge in [-0.2, -0.15) is 10.1 Å². The Hall–Kier alpha value is -8.47. The zero-order valence-electron chi connectivity index (χ0n) is 42.8. The van der Waals surface area contributed by atoms with Crippen LogP contribution in [0, 0.1) is 0 Å². The number of phenols is 2. The first-order valence-electron chi connectivity index (χ1n) is 25.2. The van der Waals surface area contributed by atoms with Gasteiger partial charge in [0, 0.05) is 72.6 Å². The number of rotatable bonds is 21. The largest absolute Gasteiger partial charge is 0.507 e. The van der Waals surface area contributed by atoms with Crippen LogP contribution < -0.4 is 43.1 Å². The SMILES string of the molecule is COc1cccc2c1C(=O)c1c(O)c3c(c(O)c1C2=O)C[C@@](O)(/C(CO)=N/NC(=O)CCCCCNC(=O)CCC(NC(=O)c1ccc(NCc2cnc4nc(N)[nH]c(=O)c4n2)cc1)C(=O)O)C[C@@H]3O[C@H]1C[C@H](N)[C@H](O)[C@H](C)O1. The number of ketones is 2. The van der Waals surface area contributed by atoms with E-state index in [0.717, 1.165) is 0 Å². The van der Waals surface area contributed by atoms with Crippen LogP contribution >= 0.6 is 0 Å². The average molecular weight is 1090 g/mol. The highest BCUT2D eigenvalue weighted by atomic mass is 16.7. The Morgan fingerprint density at radius 1 is 0.975 bits per heavy atom. The van der Waals surface area contributed by atoms with Gasteiger partial charge in [0.05, 0.1) is 72.9 Å². The number of aromatic nitrogens is 4. The van der Waals surface area contributed by atoms with E-state index in [9.17, 15) is 64.2 Å². The van der Waals surface area contributed by atoms with Crippen LogP contribution in [0.2, 0.25) is 0 Å². The third kappa shape index (κ3) is 12.3. The second-order valence-corrected chi connectivity index (χ2v) is 19.3. The van der Waals surface area contributed by atoms with E-state index < -0.39 is 125 Å². The molecule has 3 aromatic carbocycles. The zero-order chi connectivity index (χ0) is 56.9. The van der Waals surface area contributed by atoms with Crippen molar-refractivity contribution in [3.8, 4) is 17.2 Å². The number of carboxylic acids is 1. The van der Waals surface area contributed by atoms with Crippen LogP contribution in [0.25, 0.3) is 11.2 Å². The number of nitrogens with two attached hydrogens (primary N) is 2. The number of carbonyl (C=O) groups excluding carboxylic acids is 5. The molecule has 418 valence electrons. The van der Waals surface area contributed by atoms with Crippen LogP contribution in [0.5, 0.6) is 17.2 Å². The standard InChI is InChI=1S/C52H59N11O16/c1-23-42(67)29(53)17-36(78-23)79-32-19-52(76,18-28-38(32)46(71)40-39(44(28)69)43(68)27-7-6-8-31(77-2)37(27)45(40)70)33(22-64)62-63-35(66)9-4-3-5-16-55-34(65)15-14-30(50(74)75)59-48(72)24-10-12-25(13-11-24)56-20-26-21-57-47-41(58-26)49(73)61-51(54)60-47/h6-8,10-13,21,23,29-30,32,36,42,56,64,67,69,71,76H,3-5,9,14-20,22,53H2,1-2H3,(H,55,65)(H,59,72)(H,63,66)(H,74,75)(H3,54,57,60,61,73)/b62-33+/t23-,29-,30?,32-,36-,42+,52-/m0/s1. The van der Waals surface area contributed by atoms with Gasteiger partial charge in [-0.05, 0) is 56.5 Å².